The minimum Gasteiger partial charge on any atom is -0.418 e. The third kappa shape index (κ3) is 3.66. The van der Waals surface area contributed by atoms with Gasteiger partial charge in [0.2, 0.25) is 17.5 Å². The lowest BCUT2D eigenvalue weighted by molar-refractivity contribution is 0.0193. The van der Waals surface area contributed by atoms with Crippen molar-refractivity contribution in [3.63, 3.8) is 0 Å². The lowest BCUT2D eigenvalue weighted by atomic mass is 10.2. The molecule has 8 heteroatoms. The Bertz CT molecular complexity index is 862. The highest BCUT2D eigenvalue weighted by Crippen LogP contribution is 2.30. The summed E-state index contributed by atoms with van der Waals surface area (Å²) >= 11 is 3.28. The third-order valence-electron chi connectivity index (χ3n) is 4.28. The molecular formula is C18H18N4O2S2. The highest BCUT2D eigenvalue weighted by Gasteiger charge is 2.24. The maximum atomic E-state index is 9.39. The highest BCUT2D eigenvalue weighted by atomic mass is 32.1. The zero-order valence-corrected chi connectivity index (χ0v) is 15.7. The van der Waals surface area contributed by atoms with E-state index in [1.807, 2.05) is 17.5 Å². The molecule has 4 rings (SSSR count). The highest BCUT2D eigenvalue weighted by molar-refractivity contribution is 7.13. The van der Waals surface area contributed by atoms with E-state index in [-0.39, 0.29) is 6.04 Å². The number of oxazole rings is 1. The van der Waals surface area contributed by atoms with Gasteiger partial charge >= 0.3 is 0 Å². The van der Waals surface area contributed by atoms with Crippen LogP contribution in [0.15, 0.2) is 39.4 Å². The molecule has 1 saturated heterocycles. The summed E-state index contributed by atoms with van der Waals surface area (Å²) in [5, 5.41) is 16.8. The van der Waals surface area contributed by atoms with Crippen molar-refractivity contribution in [1.29, 1.82) is 5.26 Å². The summed E-state index contributed by atoms with van der Waals surface area (Å²) in [6, 6.07) is 10.4. The lowest BCUT2D eigenvalue weighted by Crippen LogP contribution is -2.41. The van der Waals surface area contributed by atoms with Gasteiger partial charge in [-0.1, -0.05) is 12.1 Å². The number of rotatable bonds is 6. The zero-order valence-electron chi connectivity index (χ0n) is 14.1. The number of morpholine rings is 1. The van der Waals surface area contributed by atoms with E-state index >= 15 is 0 Å². The number of nitrogens with one attached hydrogen (secondary N) is 1. The molecule has 1 atom stereocenters. The van der Waals surface area contributed by atoms with Crippen LogP contribution in [0.1, 0.15) is 16.6 Å². The standard InChI is InChI=1S/C18H18N4O2S2/c19-11-13-17(24-18(21-13)16-4-2-10-26-16)20-12-14(15-3-1-9-25-15)22-5-7-23-8-6-22/h1-4,9-10,14,20H,5-8,12H2. The topological polar surface area (TPSA) is 74.3 Å². The molecule has 4 heterocycles. The van der Waals surface area contributed by atoms with Crippen molar-refractivity contribution in [2.24, 2.45) is 0 Å². The van der Waals surface area contributed by atoms with Gasteiger partial charge in [-0.05, 0) is 22.9 Å². The number of anilines is 1. The monoisotopic (exact) mass is 386 g/mol. The van der Waals surface area contributed by atoms with Crippen molar-refractivity contribution < 1.29 is 9.15 Å². The fourth-order valence-electron chi connectivity index (χ4n) is 2.99. The first kappa shape index (κ1) is 17.2. The summed E-state index contributed by atoms with van der Waals surface area (Å²) in [4.78, 5) is 8.92. The predicted molar refractivity (Wildman–Crippen MR) is 102 cm³/mol. The third-order valence-corrected chi connectivity index (χ3v) is 6.11. The second kappa shape index (κ2) is 8.01. The second-order valence-electron chi connectivity index (χ2n) is 5.85. The summed E-state index contributed by atoms with van der Waals surface area (Å²) in [7, 11) is 0. The first-order valence-corrected chi connectivity index (χ1v) is 10.1. The number of ether oxygens (including phenoxy) is 1. The van der Waals surface area contributed by atoms with Gasteiger partial charge < -0.3 is 14.5 Å². The molecule has 0 saturated carbocycles. The Morgan fingerprint density at radius 2 is 2.04 bits per heavy atom. The summed E-state index contributed by atoms with van der Waals surface area (Å²) in [6.45, 7) is 3.93. The van der Waals surface area contributed by atoms with E-state index in [1.54, 1.807) is 11.3 Å². The summed E-state index contributed by atoms with van der Waals surface area (Å²) in [5.41, 5.74) is 0.292. The van der Waals surface area contributed by atoms with Crippen molar-refractivity contribution >= 4 is 28.6 Å². The fourth-order valence-corrected chi connectivity index (χ4v) is 4.50. The molecular weight excluding hydrogens is 368 g/mol. The van der Waals surface area contributed by atoms with Crippen LogP contribution in [0.3, 0.4) is 0 Å². The van der Waals surface area contributed by atoms with Gasteiger partial charge in [0.25, 0.3) is 0 Å². The molecule has 0 aromatic carbocycles. The summed E-state index contributed by atoms with van der Waals surface area (Å²) in [6.07, 6.45) is 0. The van der Waals surface area contributed by atoms with Gasteiger partial charge in [-0.15, -0.1) is 22.7 Å². The zero-order chi connectivity index (χ0) is 17.8. The SMILES string of the molecule is N#Cc1nc(-c2cccs2)oc1NCC(c1cccs1)N1CCOCC1. The van der Waals surface area contributed by atoms with Crippen molar-refractivity contribution in [3.05, 3.63) is 45.6 Å². The molecule has 0 radical (unpaired) electrons. The van der Waals surface area contributed by atoms with Crippen LogP contribution >= 0.6 is 22.7 Å². The molecule has 1 aliphatic heterocycles. The van der Waals surface area contributed by atoms with Crippen LogP contribution in [-0.4, -0.2) is 42.7 Å². The minimum atomic E-state index is 0.209. The molecule has 1 N–H and O–H groups in total. The van der Waals surface area contributed by atoms with Crippen LogP contribution in [0.2, 0.25) is 0 Å². The maximum absolute atomic E-state index is 9.39. The molecule has 3 aromatic rings. The van der Waals surface area contributed by atoms with E-state index in [0.717, 1.165) is 31.2 Å². The molecule has 3 aromatic heterocycles. The lowest BCUT2D eigenvalue weighted by Gasteiger charge is -2.34. The Morgan fingerprint density at radius 3 is 2.73 bits per heavy atom. The first-order chi connectivity index (χ1) is 12.8. The Morgan fingerprint density at radius 1 is 1.23 bits per heavy atom. The van der Waals surface area contributed by atoms with Crippen LogP contribution in [0.5, 0.6) is 0 Å². The van der Waals surface area contributed by atoms with E-state index in [0.29, 0.717) is 24.0 Å². The van der Waals surface area contributed by atoms with Gasteiger partial charge in [-0.3, -0.25) is 4.90 Å². The van der Waals surface area contributed by atoms with E-state index in [4.69, 9.17) is 9.15 Å². The Hall–Kier alpha value is -2.18. The van der Waals surface area contributed by atoms with Crippen LogP contribution in [0.25, 0.3) is 10.8 Å². The molecule has 1 unspecified atom stereocenters. The normalized spacial score (nSPS) is 16.3. The second-order valence-corrected chi connectivity index (χ2v) is 7.77. The van der Waals surface area contributed by atoms with Crippen molar-refractivity contribution in [2.75, 3.05) is 38.2 Å². The Balaban J connectivity index is 1.53. The quantitative estimate of drug-likeness (QED) is 0.694. The average Bonchev–Trinajstić information content (AvgIpc) is 3.44. The number of hydrogen-bond acceptors (Lipinski definition) is 8. The molecule has 1 fully saturated rings. The maximum Gasteiger partial charge on any atom is 0.240 e. The molecule has 1 aliphatic rings. The van der Waals surface area contributed by atoms with Crippen LogP contribution in [0, 0.1) is 11.3 Å². The number of aromatic nitrogens is 1. The van der Waals surface area contributed by atoms with Gasteiger partial charge in [0.15, 0.2) is 0 Å². The Labute approximate surface area is 159 Å². The minimum absolute atomic E-state index is 0.209. The van der Waals surface area contributed by atoms with E-state index < -0.39 is 0 Å². The fraction of sp³-hybridized carbons (Fsp3) is 0.333. The number of hydrogen-bond donors (Lipinski definition) is 1. The van der Waals surface area contributed by atoms with E-state index in [9.17, 15) is 5.26 Å². The predicted octanol–water partition coefficient (Wildman–Crippen LogP) is 3.82. The van der Waals surface area contributed by atoms with E-state index in [1.165, 1.54) is 16.2 Å². The number of nitriles is 1. The smallest absolute Gasteiger partial charge is 0.240 e. The van der Waals surface area contributed by atoms with Crippen LogP contribution in [0.4, 0.5) is 5.88 Å². The van der Waals surface area contributed by atoms with Crippen molar-refractivity contribution in [3.8, 4) is 16.8 Å². The van der Waals surface area contributed by atoms with Crippen LogP contribution in [-0.2, 0) is 4.74 Å². The first-order valence-electron chi connectivity index (χ1n) is 8.39. The van der Waals surface area contributed by atoms with Gasteiger partial charge in [-0.25, -0.2) is 0 Å². The van der Waals surface area contributed by atoms with Crippen molar-refractivity contribution in [1.82, 2.24) is 9.88 Å². The van der Waals surface area contributed by atoms with Gasteiger partial charge in [0, 0.05) is 24.5 Å². The summed E-state index contributed by atoms with van der Waals surface area (Å²) in [5.74, 6) is 0.920. The largest absolute Gasteiger partial charge is 0.418 e. The van der Waals surface area contributed by atoms with Crippen LogP contribution < -0.4 is 5.32 Å². The van der Waals surface area contributed by atoms with E-state index in [2.05, 4.69) is 38.8 Å². The van der Waals surface area contributed by atoms with Crippen molar-refractivity contribution in [2.45, 2.75) is 6.04 Å². The van der Waals surface area contributed by atoms with Gasteiger partial charge in [0.1, 0.15) is 6.07 Å². The van der Waals surface area contributed by atoms with Gasteiger partial charge in [0.05, 0.1) is 24.1 Å². The van der Waals surface area contributed by atoms with Gasteiger partial charge in [-0.2, -0.15) is 10.2 Å². The average molecular weight is 387 g/mol. The molecule has 0 amide bonds. The molecule has 134 valence electrons. The molecule has 0 spiro atoms. The molecule has 26 heavy (non-hydrogen) atoms. The molecule has 6 nitrogen and oxygen atoms in total. The molecule has 0 bridgehead atoms. The molecule has 0 aliphatic carbocycles. The Kier molecular flexibility index (Phi) is 5.32. The summed E-state index contributed by atoms with van der Waals surface area (Å²) < 4.78 is 11.3. The number of thiophene rings is 2. The number of nitrogens with zero attached hydrogens (tertiary/aromatic N) is 3.